The number of nitrogens with zero attached hydrogens (tertiary/aromatic N) is 2. The minimum atomic E-state index is -1.19. The van der Waals surface area contributed by atoms with Crippen molar-refractivity contribution in [2.75, 3.05) is 10.6 Å². The molecule has 3 N–H and O–H groups in total. The average molecular weight is 306 g/mol. The summed E-state index contributed by atoms with van der Waals surface area (Å²) in [6.07, 6.45) is 0. The molecule has 0 bridgehead atoms. The van der Waals surface area contributed by atoms with Gasteiger partial charge in [-0.1, -0.05) is 6.07 Å². The SMILES string of the molecule is CC(=O)Nc1nc(C(=O)Nc2cccc(C(=O)O)n2)cs1. The monoisotopic (exact) mass is 306 g/mol. The molecule has 2 heterocycles. The Kier molecular flexibility index (Phi) is 4.24. The van der Waals surface area contributed by atoms with E-state index in [0.29, 0.717) is 5.13 Å². The normalized spacial score (nSPS) is 9.95. The van der Waals surface area contributed by atoms with E-state index in [1.54, 1.807) is 0 Å². The number of thiazole rings is 1. The molecule has 0 aliphatic heterocycles. The maximum Gasteiger partial charge on any atom is 0.354 e. The van der Waals surface area contributed by atoms with Crippen LogP contribution in [-0.2, 0) is 4.79 Å². The number of anilines is 2. The Labute approximate surface area is 122 Å². The van der Waals surface area contributed by atoms with Crippen molar-refractivity contribution in [1.82, 2.24) is 9.97 Å². The maximum atomic E-state index is 11.9. The van der Waals surface area contributed by atoms with Crippen molar-refractivity contribution < 1.29 is 19.5 Å². The smallest absolute Gasteiger partial charge is 0.354 e. The molecule has 108 valence electrons. The van der Waals surface area contributed by atoms with E-state index in [0.717, 1.165) is 11.3 Å². The van der Waals surface area contributed by atoms with Crippen LogP contribution in [0.2, 0.25) is 0 Å². The predicted molar refractivity (Wildman–Crippen MR) is 75.6 cm³/mol. The fourth-order valence-electron chi connectivity index (χ4n) is 1.39. The van der Waals surface area contributed by atoms with E-state index < -0.39 is 11.9 Å². The highest BCUT2D eigenvalue weighted by atomic mass is 32.1. The van der Waals surface area contributed by atoms with Crippen molar-refractivity contribution in [3.05, 3.63) is 35.0 Å². The summed E-state index contributed by atoms with van der Waals surface area (Å²) >= 11 is 1.11. The number of nitrogens with one attached hydrogen (secondary N) is 2. The maximum absolute atomic E-state index is 11.9. The van der Waals surface area contributed by atoms with Gasteiger partial charge in [-0.3, -0.25) is 9.59 Å². The number of aromatic carboxylic acids is 1. The molecule has 2 aromatic heterocycles. The van der Waals surface area contributed by atoms with Crippen LogP contribution in [0.1, 0.15) is 27.9 Å². The summed E-state index contributed by atoms with van der Waals surface area (Å²) in [4.78, 5) is 41.3. The molecule has 2 rings (SSSR count). The Morgan fingerprint density at radius 3 is 2.57 bits per heavy atom. The van der Waals surface area contributed by atoms with Gasteiger partial charge in [0.1, 0.15) is 11.5 Å². The molecule has 2 aromatic rings. The quantitative estimate of drug-likeness (QED) is 0.786. The van der Waals surface area contributed by atoms with E-state index in [-0.39, 0.29) is 23.1 Å². The topological polar surface area (TPSA) is 121 Å². The van der Waals surface area contributed by atoms with Crippen molar-refractivity contribution >= 4 is 40.1 Å². The van der Waals surface area contributed by atoms with Crippen molar-refractivity contribution in [2.24, 2.45) is 0 Å². The largest absolute Gasteiger partial charge is 0.477 e. The molecule has 0 saturated heterocycles. The first-order valence-corrected chi connectivity index (χ1v) is 6.58. The van der Waals surface area contributed by atoms with E-state index >= 15 is 0 Å². The molecule has 0 saturated carbocycles. The standard InChI is InChI=1S/C12H10N4O4S/c1-6(17)13-12-15-8(5-21-12)10(18)16-9-4-2-3-7(14-9)11(19)20/h2-5H,1H3,(H,19,20)(H,13,15,17)(H,14,16,18). The number of rotatable bonds is 4. The van der Waals surface area contributed by atoms with Crippen molar-refractivity contribution in [3.63, 3.8) is 0 Å². The fourth-order valence-corrected chi connectivity index (χ4v) is 2.13. The highest BCUT2D eigenvalue weighted by molar-refractivity contribution is 7.14. The van der Waals surface area contributed by atoms with Gasteiger partial charge in [0.15, 0.2) is 10.8 Å². The van der Waals surface area contributed by atoms with Gasteiger partial charge in [-0.2, -0.15) is 0 Å². The third-order valence-electron chi connectivity index (χ3n) is 2.23. The van der Waals surface area contributed by atoms with Gasteiger partial charge in [0.05, 0.1) is 0 Å². The second-order valence-electron chi connectivity index (χ2n) is 3.89. The molecular formula is C12H10N4O4S. The summed E-state index contributed by atoms with van der Waals surface area (Å²) in [6, 6.07) is 4.25. The molecule has 0 radical (unpaired) electrons. The van der Waals surface area contributed by atoms with Crippen LogP contribution < -0.4 is 10.6 Å². The second kappa shape index (κ2) is 6.09. The molecule has 0 fully saturated rings. The number of pyridine rings is 1. The van der Waals surface area contributed by atoms with Gasteiger partial charge in [-0.15, -0.1) is 11.3 Å². The van der Waals surface area contributed by atoms with Crippen LogP contribution in [0.25, 0.3) is 0 Å². The lowest BCUT2D eigenvalue weighted by atomic mass is 10.3. The first-order valence-electron chi connectivity index (χ1n) is 5.70. The molecule has 0 unspecified atom stereocenters. The van der Waals surface area contributed by atoms with E-state index in [2.05, 4.69) is 20.6 Å². The third-order valence-corrected chi connectivity index (χ3v) is 2.99. The van der Waals surface area contributed by atoms with E-state index in [9.17, 15) is 14.4 Å². The van der Waals surface area contributed by atoms with E-state index in [1.807, 2.05) is 0 Å². The highest BCUT2D eigenvalue weighted by Gasteiger charge is 2.13. The number of aromatic nitrogens is 2. The number of hydrogen-bond acceptors (Lipinski definition) is 6. The lowest BCUT2D eigenvalue weighted by molar-refractivity contribution is -0.114. The lowest BCUT2D eigenvalue weighted by Crippen LogP contribution is -2.15. The van der Waals surface area contributed by atoms with Gasteiger partial charge in [0.25, 0.3) is 5.91 Å². The van der Waals surface area contributed by atoms with Crippen LogP contribution in [0, 0.1) is 0 Å². The number of carbonyl (C=O) groups is 3. The Hall–Kier alpha value is -2.81. The van der Waals surface area contributed by atoms with Crippen LogP contribution in [-0.4, -0.2) is 32.9 Å². The Balaban J connectivity index is 2.10. The summed E-state index contributed by atoms with van der Waals surface area (Å²) in [7, 11) is 0. The summed E-state index contributed by atoms with van der Waals surface area (Å²) in [5.74, 6) is -1.91. The summed E-state index contributed by atoms with van der Waals surface area (Å²) in [5.41, 5.74) is -0.0729. The zero-order valence-electron chi connectivity index (χ0n) is 10.8. The van der Waals surface area contributed by atoms with E-state index in [1.165, 1.54) is 30.5 Å². The van der Waals surface area contributed by atoms with Gasteiger partial charge >= 0.3 is 5.97 Å². The van der Waals surface area contributed by atoms with Crippen molar-refractivity contribution in [3.8, 4) is 0 Å². The van der Waals surface area contributed by atoms with Gasteiger partial charge < -0.3 is 15.7 Å². The van der Waals surface area contributed by atoms with Crippen LogP contribution in [0.3, 0.4) is 0 Å². The molecular weight excluding hydrogens is 296 g/mol. The second-order valence-corrected chi connectivity index (χ2v) is 4.74. The first kappa shape index (κ1) is 14.6. The third kappa shape index (κ3) is 3.83. The van der Waals surface area contributed by atoms with Crippen LogP contribution in [0.5, 0.6) is 0 Å². The zero-order chi connectivity index (χ0) is 15.4. The molecule has 0 atom stereocenters. The van der Waals surface area contributed by atoms with E-state index in [4.69, 9.17) is 5.11 Å². The first-order chi connectivity index (χ1) is 9.95. The number of carbonyl (C=O) groups excluding carboxylic acids is 2. The van der Waals surface area contributed by atoms with Crippen molar-refractivity contribution in [2.45, 2.75) is 6.92 Å². The summed E-state index contributed by atoms with van der Waals surface area (Å²) in [5, 5.41) is 15.5. The Morgan fingerprint density at radius 2 is 1.90 bits per heavy atom. The minimum absolute atomic E-state index is 0.103. The number of carboxylic acids is 1. The number of amides is 2. The average Bonchev–Trinajstić information content (AvgIpc) is 2.86. The van der Waals surface area contributed by atoms with Crippen LogP contribution in [0.15, 0.2) is 23.6 Å². The Bertz CT molecular complexity index is 713. The van der Waals surface area contributed by atoms with Gasteiger partial charge in [-0.05, 0) is 12.1 Å². The molecule has 0 aliphatic rings. The van der Waals surface area contributed by atoms with Gasteiger partial charge in [0, 0.05) is 12.3 Å². The van der Waals surface area contributed by atoms with Crippen LogP contribution in [0.4, 0.5) is 10.9 Å². The molecule has 0 aromatic carbocycles. The van der Waals surface area contributed by atoms with Gasteiger partial charge in [-0.25, -0.2) is 14.8 Å². The minimum Gasteiger partial charge on any atom is -0.477 e. The molecule has 2 amide bonds. The molecule has 0 spiro atoms. The molecule has 8 nitrogen and oxygen atoms in total. The highest BCUT2D eigenvalue weighted by Crippen LogP contribution is 2.16. The summed E-state index contributed by atoms with van der Waals surface area (Å²) in [6.45, 7) is 1.34. The molecule has 9 heteroatoms. The predicted octanol–water partition coefficient (Wildman–Crippen LogP) is 1.45. The van der Waals surface area contributed by atoms with Crippen molar-refractivity contribution in [1.29, 1.82) is 0 Å². The van der Waals surface area contributed by atoms with Gasteiger partial charge in [0.2, 0.25) is 5.91 Å². The number of hydrogen-bond donors (Lipinski definition) is 3. The molecule has 21 heavy (non-hydrogen) atoms. The lowest BCUT2D eigenvalue weighted by Gasteiger charge is -2.02. The Morgan fingerprint density at radius 1 is 1.14 bits per heavy atom. The zero-order valence-corrected chi connectivity index (χ0v) is 11.6. The molecule has 0 aliphatic carbocycles. The number of carboxylic acid groups (broad SMARTS) is 1. The summed E-state index contributed by atoms with van der Waals surface area (Å²) < 4.78 is 0. The van der Waals surface area contributed by atoms with Crippen LogP contribution >= 0.6 is 11.3 Å². The fraction of sp³-hybridized carbons (Fsp3) is 0.0833.